The molecule has 4 nitrogen and oxygen atoms in total. The third-order valence-corrected chi connectivity index (χ3v) is 3.43. The van der Waals surface area contributed by atoms with Crippen molar-refractivity contribution in [2.45, 2.75) is 24.7 Å². The van der Waals surface area contributed by atoms with E-state index in [1.165, 1.54) is 6.92 Å². The van der Waals surface area contributed by atoms with Crippen LogP contribution in [0.3, 0.4) is 0 Å². The molecule has 1 N–H and O–H groups in total. The summed E-state index contributed by atoms with van der Waals surface area (Å²) in [7, 11) is 0. The van der Waals surface area contributed by atoms with Crippen molar-refractivity contribution in [3.05, 3.63) is 29.8 Å². The van der Waals surface area contributed by atoms with E-state index in [-0.39, 0.29) is 16.6 Å². The van der Waals surface area contributed by atoms with Crippen LogP contribution in [0.25, 0.3) is 0 Å². The lowest BCUT2D eigenvalue weighted by Gasteiger charge is -2.16. The number of amides is 2. The number of rotatable bonds is 3. The Balaban J connectivity index is 1.98. The normalized spacial score (nSPS) is 19.1. The Labute approximate surface area is 114 Å². The Morgan fingerprint density at radius 3 is 2.61 bits per heavy atom. The van der Waals surface area contributed by atoms with Crippen molar-refractivity contribution < 1.29 is 9.59 Å². The minimum absolute atomic E-state index is 0.0837. The van der Waals surface area contributed by atoms with E-state index >= 15 is 0 Å². The van der Waals surface area contributed by atoms with Crippen LogP contribution in [0.2, 0.25) is 0 Å². The van der Waals surface area contributed by atoms with Gasteiger partial charge in [0.05, 0.1) is 0 Å². The van der Waals surface area contributed by atoms with Gasteiger partial charge in [0.15, 0.2) is 0 Å². The number of carbonyl (C=O) groups excluding carboxylic acids is 2. The molecule has 1 fully saturated rings. The Morgan fingerprint density at radius 2 is 2.11 bits per heavy atom. The quantitative estimate of drug-likeness (QED) is 0.870. The van der Waals surface area contributed by atoms with Gasteiger partial charge >= 0.3 is 0 Å². The van der Waals surface area contributed by atoms with Crippen LogP contribution < -0.4 is 5.32 Å². The lowest BCUT2D eigenvalue weighted by Crippen LogP contribution is -2.24. The third-order valence-electron chi connectivity index (χ3n) is 2.82. The van der Waals surface area contributed by atoms with Gasteiger partial charge in [0.1, 0.15) is 0 Å². The maximum atomic E-state index is 11.6. The molecule has 0 radical (unpaired) electrons. The maximum absolute atomic E-state index is 11.6. The van der Waals surface area contributed by atoms with Crippen molar-refractivity contribution in [3.63, 3.8) is 0 Å². The molecule has 18 heavy (non-hydrogen) atoms. The first kappa shape index (κ1) is 13.1. The predicted octanol–water partition coefficient (Wildman–Crippen LogP) is 2.14. The number of hydrogen-bond acceptors (Lipinski definition) is 2. The van der Waals surface area contributed by atoms with E-state index in [4.69, 9.17) is 0 Å². The van der Waals surface area contributed by atoms with Gasteiger partial charge < -0.3 is 10.2 Å². The molecule has 0 saturated carbocycles. The van der Waals surface area contributed by atoms with Crippen LogP contribution in [0.5, 0.6) is 0 Å². The molecule has 2 rings (SSSR count). The second-order valence-corrected chi connectivity index (χ2v) is 5.75. The van der Waals surface area contributed by atoms with Crippen molar-refractivity contribution >= 4 is 33.4 Å². The maximum Gasteiger partial charge on any atom is 0.224 e. The van der Waals surface area contributed by atoms with Crippen molar-refractivity contribution in [1.82, 2.24) is 4.90 Å². The van der Waals surface area contributed by atoms with Crippen molar-refractivity contribution in [2.75, 3.05) is 11.9 Å². The van der Waals surface area contributed by atoms with Crippen LogP contribution in [0.4, 0.5) is 5.69 Å². The summed E-state index contributed by atoms with van der Waals surface area (Å²) in [6.45, 7) is 2.86. The molecular formula is C13H15BrN2O2. The molecule has 0 spiro atoms. The molecule has 1 unspecified atom stereocenters. The number of anilines is 1. The highest BCUT2D eigenvalue weighted by atomic mass is 79.9. The summed E-state index contributed by atoms with van der Waals surface area (Å²) in [5.41, 5.74) is 1.84. The predicted molar refractivity (Wildman–Crippen MR) is 73.5 cm³/mol. The monoisotopic (exact) mass is 310 g/mol. The van der Waals surface area contributed by atoms with Gasteiger partial charge in [-0.1, -0.05) is 28.1 Å². The number of benzene rings is 1. The molecule has 0 aliphatic carbocycles. The van der Waals surface area contributed by atoms with Crippen molar-refractivity contribution in [3.8, 4) is 0 Å². The highest BCUT2D eigenvalue weighted by Crippen LogP contribution is 2.20. The summed E-state index contributed by atoms with van der Waals surface area (Å²) in [4.78, 5) is 24.6. The van der Waals surface area contributed by atoms with E-state index in [9.17, 15) is 9.59 Å². The number of nitrogens with one attached hydrogen (secondary N) is 1. The van der Waals surface area contributed by atoms with Crippen molar-refractivity contribution in [1.29, 1.82) is 0 Å². The Hall–Kier alpha value is -1.36. The summed E-state index contributed by atoms with van der Waals surface area (Å²) in [5, 5.41) is 2.71. The third kappa shape index (κ3) is 3.32. The van der Waals surface area contributed by atoms with Gasteiger partial charge in [-0.3, -0.25) is 9.59 Å². The van der Waals surface area contributed by atoms with Gasteiger partial charge in [0.2, 0.25) is 11.8 Å². The molecule has 5 heteroatoms. The Kier molecular flexibility index (Phi) is 4.01. The molecule has 2 amide bonds. The summed E-state index contributed by atoms with van der Waals surface area (Å²) in [5.74, 6) is 0.0995. The second kappa shape index (κ2) is 5.52. The first-order valence-corrected chi connectivity index (χ1v) is 6.74. The fourth-order valence-electron chi connectivity index (χ4n) is 1.99. The van der Waals surface area contributed by atoms with Crippen LogP contribution in [0.1, 0.15) is 18.9 Å². The SMILES string of the molecule is CC(=O)Nc1ccc(CN2CC(Br)CC2=O)cc1. The number of alkyl halides is 1. The topological polar surface area (TPSA) is 49.4 Å². The van der Waals surface area contributed by atoms with E-state index in [1.54, 1.807) is 0 Å². The van der Waals surface area contributed by atoms with Gasteiger partial charge in [0.25, 0.3) is 0 Å². The molecule has 1 aromatic carbocycles. The van der Waals surface area contributed by atoms with Gasteiger partial charge in [-0.25, -0.2) is 0 Å². The Morgan fingerprint density at radius 1 is 1.44 bits per heavy atom. The molecule has 1 aliphatic heterocycles. The second-order valence-electron chi connectivity index (χ2n) is 4.45. The van der Waals surface area contributed by atoms with Gasteiger partial charge in [0, 0.05) is 36.9 Å². The fourth-order valence-corrected chi connectivity index (χ4v) is 2.62. The molecule has 1 heterocycles. The van der Waals surface area contributed by atoms with Gasteiger partial charge in [-0.05, 0) is 17.7 Å². The van der Waals surface area contributed by atoms with Crippen molar-refractivity contribution in [2.24, 2.45) is 0 Å². The van der Waals surface area contributed by atoms with Gasteiger partial charge in [-0.2, -0.15) is 0 Å². The minimum atomic E-state index is -0.0837. The largest absolute Gasteiger partial charge is 0.337 e. The standard InChI is InChI=1S/C13H15BrN2O2/c1-9(17)15-12-4-2-10(3-5-12)7-16-8-11(14)6-13(16)18/h2-5,11H,6-8H2,1H3,(H,15,17). The summed E-state index contributed by atoms with van der Waals surface area (Å²) < 4.78 is 0. The molecule has 1 aliphatic rings. The highest BCUT2D eigenvalue weighted by Gasteiger charge is 2.27. The van der Waals surface area contributed by atoms with E-state index in [1.807, 2.05) is 29.2 Å². The highest BCUT2D eigenvalue weighted by molar-refractivity contribution is 9.09. The smallest absolute Gasteiger partial charge is 0.224 e. The lowest BCUT2D eigenvalue weighted by atomic mass is 10.2. The first-order valence-electron chi connectivity index (χ1n) is 5.83. The summed E-state index contributed by atoms with van der Waals surface area (Å²) in [6, 6.07) is 7.56. The number of nitrogens with zero attached hydrogens (tertiary/aromatic N) is 1. The van der Waals surface area contributed by atoms with Gasteiger partial charge in [-0.15, -0.1) is 0 Å². The zero-order chi connectivity index (χ0) is 13.1. The molecule has 1 atom stereocenters. The zero-order valence-electron chi connectivity index (χ0n) is 10.1. The molecule has 1 saturated heterocycles. The van der Waals surface area contributed by atoms with E-state index in [0.29, 0.717) is 13.0 Å². The molecule has 0 aromatic heterocycles. The van der Waals surface area contributed by atoms with Crippen LogP contribution >= 0.6 is 15.9 Å². The summed E-state index contributed by atoms with van der Waals surface area (Å²) >= 11 is 3.46. The Bertz CT molecular complexity index is 459. The van der Waals surface area contributed by atoms with E-state index in [2.05, 4.69) is 21.2 Å². The number of halogens is 1. The van der Waals surface area contributed by atoms with Crippen LogP contribution in [0, 0.1) is 0 Å². The number of likely N-dealkylation sites (tertiary alicyclic amines) is 1. The molecule has 96 valence electrons. The van der Waals surface area contributed by atoms with Crippen LogP contribution in [0.15, 0.2) is 24.3 Å². The van der Waals surface area contributed by atoms with E-state index < -0.39 is 0 Å². The van der Waals surface area contributed by atoms with Crippen LogP contribution in [-0.2, 0) is 16.1 Å². The first-order chi connectivity index (χ1) is 8.54. The average Bonchev–Trinajstić information content (AvgIpc) is 2.59. The summed E-state index contributed by atoms with van der Waals surface area (Å²) in [6.07, 6.45) is 0.573. The number of carbonyl (C=O) groups is 2. The van der Waals surface area contributed by atoms with E-state index in [0.717, 1.165) is 17.8 Å². The lowest BCUT2D eigenvalue weighted by molar-refractivity contribution is -0.128. The zero-order valence-corrected chi connectivity index (χ0v) is 11.7. The fraction of sp³-hybridized carbons (Fsp3) is 0.385. The van der Waals surface area contributed by atoms with Crippen LogP contribution in [-0.4, -0.2) is 28.1 Å². The average molecular weight is 311 g/mol. The molecule has 0 bridgehead atoms. The minimum Gasteiger partial charge on any atom is -0.337 e. The molecule has 1 aromatic rings. The number of hydrogen-bond donors (Lipinski definition) is 1. The molecular weight excluding hydrogens is 296 g/mol.